The van der Waals surface area contributed by atoms with Crippen molar-refractivity contribution in [1.29, 1.82) is 0 Å². The van der Waals surface area contributed by atoms with Crippen molar-refractivity contribution >= 4 is 11.9 Å². The van der Waals surface area contributed by atoms with E-state index in [4.69, 9.17) is 6.42 Å². The van der Waals surface area contributed by atoms with Crippen LogP contribution in [0.3, 0.4) is 0 Å². The Bertz CT molecular complexity index is 488. The summed E-state index contributed by atoms with van der Waals surface area (Å²) in [6.07, 6.45) is 8.32. The van der Waals surface area contributed by atoms with Gasteiger partial charge in [-0.15, -0.1) is 6.42 Å². The summed E-state index contributed by atoms with van der Waals surface area (Å²) in [6, 6.07) is 1.66. The molecule has 1 aromatic rings. The normalized spacial score (nSPS) is 18.9. The Morgan fingerprint density at radius 2 is 2.29 bits per heavy atom. The molecule has 0 aliphatic carbocycles. The van der Waals surface area contributed by atoms with E-state index in [0.29, 0.717) is 24.6 Å². The molecular weight excluding hydrogens is 214 g/mol. The van der Waals surface area contributed by atoms with Crippen molar-refractivity contribution in [3.05, 3.63) is 18.0 Å². The van der Waals surface area contributed by atoms with Crippen LogP contribution in [0.2, 0.25) is 0 Å². The molecule has 1 aromatic heterocycles. The Kier molecular flexibility index (Phi) is 2.84. The van der Waals surface area contributed by atoms with Crippen LogP contribution < -0.4 is 4.90 Å². The molecule has 17 heavy (non-hydrogen) atoms. The number of amides is 1. The first kappa shape index (κ1) is 11.6. The molecule has 4 heteroatoms. The van der Waals surface area contributed by atoms with E-state index in [-0.39, 0.29) is 11.3 Å². The third-order valence-electron chi connectivity index (χ3n) is 2.94. The third kappa shape index (κ3) is 2.44. The van der Waals surface area contributed by atoms with Gasteiger partial charge in [0.2, 0.25) is 11.9 Å². The molecule has 2 heterocycles. The number of carbonyl (C=O) groups is 1. The zero-order valence-corrected chi connectivity index (χ0v) is 10.1. The van der Waals surface area contributed by atoms with Gasteiger partial charge in [-0.3, -0.25) is 9.69 Å². The molecule has 0 bridgehead atoms. The van der Waals surface area contributed by atoms with Crippen LogP contribution in [0.25, 0.3) is 0 Å². The predicted molar refractivity (Wildman–Crippen MR) is 65.3 cm³/mol. The first-order valence-corrected chi connectivity index (χ1v) is 5.62. The number of anilines is 1. The molecule has 0 aromatic carbocycles. The first-order valence-electron chi connectivity index (χ1n) is 5.62. The van der Waals surface area contributed by atoms with E-state index in [1.54, 1.807) is 17.2 Å². The fourth-order valence-corrected chi connectivity index (χ4v) is 1.92. The summed E-state index contributed by atoms with van der Waals surface area (Å²) in [6.45, 7) is 4.91. The monoisotopic (exact) mass is 229 g/mol. The number of aromatic nitrogens is 2. The summed E-state index contributed by atoms with van der Waals surface area (Å²) in [5.74, 6) is 2.94. The summed E-state index contributed by atoms with van der Waals surface area (Å²) < 4.78 is 0. The molecule has 0 radical (unpaired) electrons. The van der Waals surface area contributed by atoms with Gasteiger partial charge in [0.25, 0.3) is 0 Å². The van der Waals surface area contributed by atoms with Gasteiger partial charge < -0.3 is 0 Å². The molecule has 0 N–H and O–H groups in total. The number of hydrogen-bond acceptors (Lipinski definition) is 3. The highest BCUT2D eigenvalue weighted by molar-refractivity contribution is 5.92. The molecule has 1 aliphatic rings. The SMILES string of the molecule is C#Cc1ccnc(N2CC(C)(C)CCC2=O)n1. The minimum Gasteiger partial charge on any atom is -0.280 e. The quantitative estimate of drug-likeness (QED) is 0.687. The van der Waals surface area contributed by atoms with Crippen LogP contribution in [-0.4, -0.2) is 22.4 Å². The van der Waals surface area contributed by atoms with Gasteiger partial charge in [0, 0.05) is 19.2 Å². The van der Waals surface area contributed by atoms with Gasteiger partial charge in [0.15, 0.2) is 0 Å². The molecule has 1 amide bonds. The van der Waals surface area contributed by atoms with Crippen molar-refractivity contribution < 1.29 is 4.79 Å². The zero-order chi connectivity index (χ0) is 12.5. The topological polar surface area (TPSA) is 46.1 Å². The predicted octanol–water partition coefficient (Wildman–Crippen LogP) is 1.61. The molecule has 4 nitrogen and oxygen atoms in total. The molecule has 2 rings (SSSR count). The van der Waals surface area contributed by atoms with Gasteiger partial charge >= 0.3 is 0 Å². The highest BCUT2D eigenvalue weighted by atomic mass is 16.2. The largest absolute Gasteiger partial charge is 0.280 e. The van der Waals surface area contributed by atoms with Crippen molar-refractivity contribution in [2.24, 2.45) is 5.41 Å². The van der Waals surface area contributed by atoms with Gasteiger partial charge in [-0.1, -0.05) is 19.8 Å². The lowest BCUT2D eigenvalue weighted by molar-refractivity contribution is -0.121. The maximum Gasteiger partial charge on any atom is 0.233 e. The van der Waals surface area contributed by atoms with Gasteiger partial charge in [0.05, 0.1) is 0 Å². The van der Waals surface area contributed by atoms with Crippen LogP contribution in [0, 0.1) is 17.8 Å². The van der Waals surface area contributed by atoms with Crippen LogP contribution in [0.4, 0.5) is 5.95 Å². The number of piperidine rings is 1. The van der Waals surface area contributed by atoms with Crippen LogP contribution in [0.5, 0.6) is 0 Å². The Morgan fingerprint density at radius 1 is 1.53 bits per heavy atom. The van der Waals surface area contributed by atoms with Crippen LogP contribution in [-0.2, 0) is 4.79 Å². The minimum atomic E-state index is 0.0681. The molecule has 1 saturated heterocycles. The Balaban J connectivity index is 2.31. The fourth-order valence-electron chi connectivity index (χ4n) is 1.92. The highest BCUT2D eigenvalue weighted by Crippen LogP contribution is 2.30. The molecule has 1 aliphatic heterocycles. The average molecular weight is 229 g/mol. The second kappa shape index (κ2) is 4.17. The van der Waals surface area contributed by atoms with Crippen molar-refractivity contribution in [2.75, 3.05) is 11.4 Å². The zero-order valence-electron chi connectivity index (χ0n) is 10.1. The minimum absolute atomic E-state index is 0.0681. The first-order chi connectivity index (χ1) is 8.02. The van der Waals surface area contributed by atoms with E-state index >= 15 is 0 Å². The lowest BCUT2D eigenvalue weighted by Gasteiger charge is -2.36. The molecule has 0 spiro atoms. The lowest BCUT2D eigenvalue weighted by atomic mass is 9.84. The Morgan fingerprint density at radius 3 is 3.00 bits per heavy atom. The van der Waals surface area contributed by atoms with Gasteiger partial charge in [0.1, 0.15) is 5.69 Å². The van der Waals surface area contributed by atoms with E-state index in [9.17, 15) is 4.79 Å². The summed E-state index contributed by atoms with van der Waals surface area (Å²) >= 11 is 0. The van der Waals surface area contributed by atoms with Crippen LogP contribution >= 0.6 is 0 Å². The standard InChI is InChI=1S/C13H15N3O/c1-4-10-6-8-14-12(15-10)16-9-13(2,3)7-5-11(16)17/h1,6,8H,5,7,9H2,2-3H3. The smallest absolute Gasteiger partial charge is 0.233 e. The lowest BCUT2D eigenvalue weighted by Crippen LogP contribution is -2.44. The van der Waals surface area contributed by atoms with Crippen molar-refractivity contribution in [3.8, 4) is 12.3 Å². The van der Waals surface area contributed by atoms with E-state index < -0.39 is 0 Å². The molecular formula is C13H15N3O. The molecule has 1 fully saturated rings. The van der Waals surface area contributed by atoms with E-state index in [0.717, 1.165) is 6.42 Å². The summed E-state index contributed by atoms with van der Waals surface area (Å²) in [4.78, 5) is 21.8. The van der Waals surface area contributed by atoms with E-state index in [2.05, 4.69) is 29.7 Å². The summed E-state index contributed by atoms with van der Waals surface area (Å²) in [7, 11) is 0. The Labute approximate surface area is 101 Å². The molecule has 0 saturated carbocycles. The second-order valence-corrected chi connectivity index (χ2v) is 5.03. The maximum atomic E-state index is 11.9. The molecule has 0 unspecified atom stereocenters. The van der Waals surface area contributed by atoms with Gasteiger partial charge in [-0.05, 0) is 17.9 Å². The van der Waals surface area contributed by atoms with Gasteiger partial charge in [-0.25, -0.2) is 9.97 Å². The molecule has 88 valence electrons. The maximum absolute atomic E-state index is 11.9. The number of terminal acetylenes is 1. The van der Waals surface area contributed by atoms with E-state index in [1.165, 1.54) is 0 Å². The van der Waals surface area contributed by atoms with Crippen molar-refractivity contribution in [2.45, 2.75) is 26.7 Å². The second-order valence-electron chi connectivity index (χ2n) is 5.03. The summed E-state index contributed by atoms with van der Waals surface area (Å²) in [5, 5.41) is 0. The third-order valence-corrected chi connectivity index (χ3v) is 2.94. The van der Waals surface area contributed by atoms with Crippen molar-refractivity contribution in [1.82, 2.24) is 9.97 Å². The molecule has 0 atom stereocenters. The number of hydrogen-bond donors (Lipinski definition) is 0. The van der Waals surface area contributed by atoms with E-state index in [1.807, 2.05) is 0 Å². The highest BCUT2D eigenvalue weighted by Gasteiger charge is 2.33. The Hall–Kier alpha value is -1.89. The number of rotatable bonds is 1. The van der Waals surface area contributed by atoms with Crippen LogP contribution in [0.15, 0.2) is 12.3 Å². The van der Waals surface area contributed by atoms with Gasteiger partial charge in [-0.2, -0.15) is 0 Å². The fraction of sp³-hybridized carbons (Fsp3) is 0.462. The number of carbonyl (C=O) groups excluding carboxylic acids is 1. The van der Waals surface area contributed by atoms with Crippen molar-refractivity contribution in [3.63, 3.8) is 0 Å². The average Bonchev–Trinajstić information content (AvgIpc) is 2.32. The van der Waals surface area contributed by atoms with Crippen LogP contribution in [0.1, 0.15) is 32.4 Å². The summed E-state index contributed by atoms with van der Waals surface area (Å²) in [5.41, 5.74) is 0.606. The number of nitrogens with zero attached hydrogens (tertiary/aromatic N) is 3.